The predicted molar refractivity (Wildman–Crippen MR) is 90.6 cm³/mol. The van der Waals surface area contributed by atoms with E-state index in [0.29, 0.717) is 17.1 Å². The number of nitrogens with zero attached hydrogens (tertiary/aromatic N) is 2. The summed E-state index contributed by atoms with van der Waals surface area (Å²) in [5.41, 5.74) is 7.25. The van der Waals surface area contributed by atoms with E-state index >= 15 is 0 Å². The van der Waals surface area contributed by atoms with Gasteiger partial charge in [-0.1, -0.05) is 0 Å². The molecule has 2 N–H and O–H groups in total. The monoisotopic (exact) mass is 339 g/mol. The molecule has 0 bridgehead atoms. The van der Waals surface area contributed by atoms with E-state index < -0.39 is 18.0 Å². The number of fused-ring (bicyclic) bond motifs is 1. The third-order valence-corrected chi connectivity index (χ3v) is 3.81. The number of ether oxygens (including phenoxy) is 2. The molecule has 25 heavy (non-hydrogen) atoms. The van der Waals surface area contributed by atoms with Gasteiger partial charge in [0.1, 0.15) is 11.5 Å². The van der Waals surface area contributed by atoms with E-state index in [-0.39, 0.29) is 0 Å². The van der Waals surface area contributed by atoms with Crippen molar-refractivity contribution in [3.8, 4) is 11.5 Å². The molecular weight excluding hydrogens is 322 g/mol. The molecule has 0 spiro atoms. The molecule has 1 atom stereocenters. The highest BCUT2D eigenvalue weighted by Crippen LogP contribution is 2.21. The number of rotatable bonds is 5. The molecule has 0 aliphatic carbocycles. The number of hydrogen-bond donors (Lipinski definition) is 1. The molecule has 0 saturated carbocycles. The number of carbonyl (C=O) groups is 2. The van der Waals surface area contributed by atoms with Gasteiger partial charge in [0.05, 0.1) is 23.6 Å². The first-order valence-electron chi connectivity index (χ1n) is 7.65. The number of carbonyl (C=O) groups excluding carboxylic acids is 2. The van der Waals surface area contributed by atoms with Crippen molar-refractivity contribution < 1.29 is 19.1 Å². The fraction of sp³-hybridized carbons (Fsp3) is 0.167. The Kier molecular flexibility index (Phi) is 4.38. The highest BCUT2D eigenvalue weighted by Gasteiger charge is 2.15. The largest absolute Gasteiger partial charge is 0.481 e. The van der Waals surface area contributed by atoms with Gasteiger partial charge in [-0.2, -0.15) is 0 Å². The van der Waals surface area contributed by atoms with Gasteiger partial charge < -0.3 is 19.6 Å². The number of aromatic nitrogens is 2. The standard InChI is InChI=1S/C18H17N3O4/c1-11-16(8-3-13-9-20-10-21(11)13)18(23)25-15-6-4-14(5-7-15)24-12(2)17(19)22/h3-10,12H,1-2H3,(H2,19,22). The second-order valence-electron chi connectivity index (χ2n) is 5.54. The van der Waals surface area contributed by atoms with Crippen molar-refractivity contribution in [1.82, 2.24) is 9.38 Å². The lowest BCUT2D eigenvalue weighted by atomic mass is 10.2. The van der Waals surface area contributed by atoms with E-state index in [1.807, 2.05) is 11.3 Å². The maximum atomic E-state index is 12.4. The maximum absolute atomic E-state index is 12.4. The van der Waals surface area contributed by atoms with Crippen molar-refractivity contribution in [3.05, 3.63) is 60.2 Å². The molecular formula is C18H17N3O4. The zero-order valence-corrected chi connectivity index (χ0v) is 13.8. The van der Waals surface area contributed by atoms with Crippen LogP contribution in [0.15, 0.2) is 48.9 Å². The van der Waals surface area contributed by atoms with E-state index in [1.165, 1.54) is 0 Å². The van der Waals surface area contributed by atoms with Gasteiger partial charge in [0.2, 0.25) is 0 Å². The number of imidazole rings is 1. The molecule has 0 fully saturated rings. The summed E-state index contributed by atoms with van der Waals surface area (Å²) in [6.07, 6.45) is 2.62. The highest BCUT2D eigenvalue weighted by atomic mass is 16.5. The van der Waals surface area contributed by atoms with Crippen molar-refractivity contribution in [2.75, 3.05) is 0 Å². The molecule has 3 aromatic rings. The average Bonchev–Trinajstić information content (AvgIpc) is 3.06. The van der Waals surface area contributed by atoms with E-state index in [4.69, 9.17) is 15.2 Å². The lowest BCUT2D eigenvalue weighted by Gasteiger charge is -2.12. The van der Waals surface area contributed by atoms with Crippen LogP contribution in [-0.4, -0.2) is 27.4 Å². The molecule has 7 nitrogen and oxygen atoms in total. The first kappa shape index (κ1) is 16.5. The SMILES string of the molecule is Cc1c(C(=O)Oc2ccc(OC(C)C(N)=O)cc2)ccc2cncn12. The van der Waals surface area contributed by atoms with Crippen LogP contribution < -0.4 is 15.2 Å². The van der Waals surface area contributed by atoms with Crippen molar-refractivity contribution in [2.45, 2.75) is 20.0 Å². The minimum atomic E-state index is -0.738. The minimum absolute atomic E-state index is 0.370. The van der Waals surface area contributed by atoms with Gasteiger partial charge in [-0.25, -0.2) is 9.78 Å². The smallest absolute Gasteiger partial charge is 0.345 e. The Hall–Kier alpha value is -3.35. The van der Waals surface area contributed by atoms with Gasteiger partial charge in [-0.3, -0.25) is 4.79 Å². The molecule has 1 unspecified atom stereocenters. The molecule has 0 aliphatic rings. The summed E-state index contributed by atoms with van der Waals surface area (Å²) in [5.74, 6) is -0.190. The lowest BCUT2D eigenvalue weighted by Crippen LogP contribution is -2.30. The molecule has 2 heterocycles. The van der Waals surface area contributed by atoms with Crippen molar-refractivity contribution in [3.63, 3.8) is 0 Å². The molecule has 3 rings (SSSR count). The topological polar surface area (TPSA) is 95.9 Å². The van der Waals surface area contributed by atoms with E-state index in [2.05, 4.69) is 4.98 Å². The first-order chi connectivity index (χ1) is 12.0. The molecule has 128 valence electrons. The summed E-state index contributed by atoms with van der Waals surface area (Å²) in [6, 6.07) is 9.90. The summed E-state index contributed by atoms with van der Waals surface area (Å²) >= 11 is 0. The number of aryl methyl sites for hydroxylation is 1. The van der Waals surface area contributed by atoms with Gasteiger partial charge in [0.15, 0.2) is 6.10 Å². The lowest BCUT2D eigenvalue weighted by molar-refractivity contribution is -0.123. The Labute approximate surface area is 144 Å². The molecule has 1 amide bonds. The summed E-state index contributed by atoms with van der Waals surface area (Å²) < 4.78 is 12.6. The van der Waals surface area contributed by atoms with Crippen LogP contribution in [0.1, 0.15) is 23.0 Å². The Bertz CT molecular complexity index is 931. The van der Waals surface area contributed by atoms with Crippen molar-refractivity contribution in [1.29, 1.82) is 0 Å². The number of primary amides is 1. The van der Waals surface area contributed by atoms with E-state index in [0.717, 1.165) is 11.2 Å². The van der Waals surface area contributed by atoms with Gasteiger partial charge in [-0.05, 0) is 50.2 Å². The Morgan fingerprint density at radius 3 is 2.48 bits per heavy atom. The fourth-order valence-electron chi connectivity index (χ4n) is 2.35. The molecule has 7 heteroatoms. The summed E-state index contributed by atoms with van der Waals surface area (Å²) in [7, 11) is 0. The Morgan fingerprint density at radius 2 is 1.80 bits per heavy atom. The van der Waals surface area contributed by atoms with Crippen LogP contribution in [0.25, 0.3) is 5.52 Å². The second-order valence-corrected chi connectivity index (χ2v) is 5.54. The molecule has 0 aliphatic heterocycles. The predicted octanol–water partition coefficient (Wildman–Crippen LogP) is 2.11. The molecule has 1 aromatic carbocycles. The van der Waals surface area contributed by atoms with Gasteiger partial charge in [-0.15, -0.1) is 0 Å². The summed E-state index contributed by atoms with van der Waals surface area (Å²) in [5, 5.41) is 0. The third kappa shape index (κ3) is 3.45. The maximum Gasteiger partial charge on any atom is 0.345 e. The van der Waals surface area contributed by atoms with Crippen LogP contribution in [0.3, 0.4) is 0 Å². The fourth-order valence-corrected chi connectivity index (χ4v) is 2.35. The number of amides is 1. The van der Waals surface area contributed by atoms with Gasteiger partial charge in [0.25, 0.3) is 5.91 Å². The Morgan fingerprint density at radius 1 is 1.12 bits per heavy atom. The number of nitrogens with two attached hydrogens (primary N) is 1. The molecule has 0 radical (unpaired) electrons. The quantitative estimate of drug-likeness (QED) is 0.567. The van der Waals surface area contributed by atoms with Crippen LogP contribution in [0.2, 0.25) is 0 Å². The van der Waals surface area contributed by atoms with Gasteiger partial charge >= 0.3 is 5.97 Å². The molecule has 0 saturated heterocycles. The zero-order valence-electron chi connectivity index (χ0n) is 13.8. The number of benzene rings is 1. The summed E-state index contributed by atoms with van der Waals surface area (Å²) in [4.78, 5) is 27.5. The average molecular weight is 339 g/mol. The highest BCUT2D eigenvalue weighted by molar-refractivity contribution is 5.92. The zero-order chi connectivity index (χ0) is 18.0. The Balaban J connectivity index is 1.74. The first-order valence-corrected chi connectivity index (χ1v) is 7.65. The van der Waals surface area contributed by atoms with Crippen LogP contribution in [0, 0.1) is 6.92 Å². The second kappa shape index (κ2) is 6.64. The number of esters is 1. The van der Waals surface area contributed by atoms with Gasteiger partial charge in [0, 0.05) is 5.69 Å². The van der Waals surface area contributed by atoms with Crippen LogP contribution in [0.5, 0.6) is 11.5 Å². The number of pyridine rings is 1. The van der Waals surface area contributed by atoms with Crippen molar-refractivity contribution >= 4 is 17.4 Å². The van der Waals surface area contributed by atoms with Crippen LogP contribution in [0.4, 0.5) is 0 Å². The third-order valence-electron chi connectivity index (χ3n) is 3.81. The van der Waals surface area contributed by atoms with E-state index in [1.54, 1.807) is 55.8 Å². The minimum Gasteiger partial charge on any atom is -0.481 e. The van der Waals surface area contributed by atoms with Crippen molar-refractivity contribution in [2.24, 2.45) is 5.73 Å². The number of hydrogen-bond acceptors (Lipinski definition) is 5. The summed E-state index contributed by atoms with van der Waals surface area (Å²) in [6.45, 7) is 3.39. The molecule has 2 aromatic heterocycles. The van der Waals surface area contributed by atoms with E-state index in [9.17, 15) is 9.59 Å². The normalized spacial score (nSPS) is 11.9. The van der Waals surface area contributed by atoms with Crippen LogP contribution >= 0.6 is 0 Å². The van der Waals surface area contributed by atoms with Crippen LogP contribution in [-0.2, 0) is 4.79 Å².